The number of aliphatic carboxylic acids is 1. The number of nitrogens with zero attached hydrogens (tertiary/aromatic N) is 1. The third-order valence-corrected chi connectivity index (χ3v) is 2.14. The monoisotopic (exact) mass is 216 g/mol. The highest BCUT2D eigenvalue weighted by atomic mass is 16.4. The van der Waals surface area contributed by atoms with Crippen LogP contribution in [0.4, 0.5) is 0 Å². The maximum Gasteiger partial charge on any atom is 0.328 e. The Morgan fingerprint density at radius 3 is 2.94 bits per heavy atom. The van der Waals surface area contributed by atoms with Crippen LogP contribution in [0, 0.1) is 0 Å². The molecule has 2 rings (SSSR count). The Bertz CT molecular complexity index is 584. The van der Waals surface area contributed by atoms with E-state index in [1.165, 1.54) is 6.08 Å². The number of aromatic nitrogens is 2. The molecule has 1 aromatic carbocycles. The minimum Gasteiger partial charge on any atom is -0.478 e. The highest BCUT2D eigenvalue weighted by molar-refractivity contribution is 5.93. The number of rotatable bonds is 3. The number of benzene rings is 1. The SMILES string of the molecule is O=Cc1ccc2c(C=CC(=O)O)n[nH]c2c1. The molecule has 0 radical (unpaired) electrons. The predicted molar refractivity (Wildman–Crippen MR) is 58.2 cm³/mol. The second kappa shape index (κ2) is 3.98. The van der Waals surface area contributed by atoms with Gasteiger partial charge in [0.15, 0.2) is 0 Å². The summed E-state index contributed by atoms with van der Waals surface area (Å²) in [5.74, 6) is -1.03. The van der Waals surface area contributed by atoms with Crippen molar-refractivity contribution in [1.29, 1.82) is 0 Å². The fourth-order valence-electron chi connectivity index (χ4n) is 1.41. The summed E-state index contributed by atoms with van der Waals surface area (Å²) in [7, 11) is 0. The van der Waals surface area contributed by atoms with E-state index in [9.17, 15) is 9.59 Å². The summed E-state index contributed by atoms with van der Waals surface area (Å²) in [5.41, 5.74) is 1.79. The van der Waals surface area contributed by atoms with Gasteiger partial charge in [0, 0.05) is 17.0 Å². The van der Waals surface area contributed by atoms with E-state index >= 15 is 0 Å². The maximum absolute atomic E-state index is 10.5. The van der Waals surface area contributed by atoms with Crippen LogP contribution in [0.2, 0.25) is 0 Å². The van der Waals surface area contributed by atoms with Crippen LogP contribution in [-0.4, -0.2) is 27.6 Å². The Morgan fingerprint density at radius 1 is 1.44 bits per heavy atom. The molecule has 1 heterocycles. The van der Waals surface area contributed by atoms with Gasteiger partial charge in [0.05, 0.1) is 11.2 Å². The smallest absolute Gasteiger partial charge is 0.328 e. The number of carboxylic acid groups (broad SMARTS) is 1. The van der Waals surface area contributed by atoms with E-state index in [1.54, 1.807) is 18.2 Å². The number of aromatic amines is 1. The summed E-state index contributed by atoms with van der Waals surface area (Å²) in [6.07, 6.45) is 3.16. The molecule has 0 aliphatic heterocycles. The minimum atomic E-state index is -1.03. The van der Waals surface area contributed by atoms with Crippen molar-refractivity contribution < 1.29 is 14.7 Å². The van der Waals surface area contributed by atoms with E-state index in [0.717, 1.165) is 17.7 Å². The van der Waals surface area contributed by atoms with Gasteiger partial charge in [-0.3, -0.25) is 9.89 Å². The van der Waals surface area contributed by atoms with Crippen molar-refractivity contribution in [3.8, 4) is 0 Å². The molecule has 5 nitrogen and oxygen atoms in total. The zero-order valence-electron chi connectivity index (χ0n) is 8.18. The Morgan fingerprint density at radius 2 is 2.25 bits per heavy atom. The van der Waals surface area contributed by atoms with Gasteiger partial charge in [0.2, 0.25) is 0 Å². The summed E-state index contributed by atoms with van der Waals surface area (Å²) in [4.78, 5) is 20.9. The molecule has 0 aliphatic carbocycles. The van der Waals surface area contributed by atoms with Crippen LogP contribution >= 0.6 is 0 Å². The average Bonchev–Trinajstić information content (AvgIpc) is 2.68. The van der Waals surface area contributed by atoms with E-state index in [1.807, 2.05) is 0 Å². The highest BCUT2D eigenvalue weighted by Gasteiger charge is 2.03. The van der Waals surface area contributed by atoms with Crippen molar-refractivity contribution >= 4 is 29.2 Å². The third-order valence-electron chi connectivity index (χ3n) is 2.14. The molecule has 2 aromatic rings. The summed E-state index contributed by atoms with van der Waals surface area (Å²) in [5, 5.41) is 16.0. The summed E-state index contributed by atoms with van der Waals surface area (Å²) in [6.45, 7) is 0. The molecule has 5 heteroatoms. The predicted octanol–water partition coefficient (Wildman–Crippen LogP) is 1.47. The Balaban J connectivity index is 2.49. The first kappa shape index (κ1) is 10.1. The van der Waals surface area contributed by atoms with Crippen LogP contribution in [0.25, 0.3) is 17.0 Å². The molecular weight excluding hydrogens is 208 g/mol. The van der Waals surface area contributed by atoms with Crippen molar-refractivity contribution in [2.24, 2.45) is 0 Å². The normalized spacial score (nSPS) is 11.0. The number of hydrogen-bond acceptors (Lipinski definition) is 3. The maximum atomic E-state index is 10.5. The molecule has 0 unspecified atom stereocenters. The van der Waals surface area contributed by atoms with Crippen molar-refractivity contribution in [2.45, 2.75) is 0 Å². The van der Waals surface area contributed by atoms with Gasteiger partial charge >= 0.3 is 5.97 Å². The van der Waals surface area contributed by atoms with Crippen LogP contribution in [0.1, 0.15) is 16.1 Å². The van der Waals surface area contributed by atoms with Gasteiger partial charge in [-0.1, -0.05) is 6.07 Å². The molecule has 0 saturated carbocycles. The molecule has 80 valence electrons. The lowest BCUT2D eigenvalue weighted by Crippen LogP contribution is -1.85. The largest absolute Gasteiger partial charge is 0.478 e. The molecule has 16 heavy (non-hydrogen) atoms. The molecular formula is C11H8N2O3. The fraction of sp³-hybridized carbons (Fsp3) is 0. The second-order valence-corrected chi connectivity index (χ2v) is 3.20. The molecule has 0 amide bonds. The molecule has 0 aliphatic rings. The average molecular weight is 216 g/mol. The fourth-order valence-corrected chi connectivity index (χ4v) is 1.41. The lowest BCUT2D eigenvalue weighted by atomic mass is 10.1. The zero-order chi connectivity index (χ0) is 11.5. The highest BCUT2D eigenvalue weighted by Crippen LogP contribution is 2.17. The number of aldehydes is 1. The van der Waals surface area contributed by atoms with Crippen molar-refractivity contribution in [2.75, 3.05) is 0 Å². The molecule has 0 atom stereocenters. The lowest BCUT2D eigenvalue weighted by Gasteiger charge is -1.91. The van der Waals surface area contributed by atoms with E-state index in [0.29, 0.717) is 16.8 Å². The van der Waals surface area contributed by atoms with Crippen LogP contribution in [-0.2, 0) is 4.79 Å². The number of hydrogen-bond donors (Lipinski definition) is 2. The number of H-pyrrole nitrogens is 1. The molecule has 2 N–H and O–H groups in total. The number of nitrogens with one attached hydrogen (secondary N) is 1. The molecule has 0 fully saturated rings. The number of carbonyl (C=O) groups excluding carboxylic acids is 1. The first-order valence-electron chi connectivity index (χ1n) is 4.55. The number of carbonyl (C=O) groups is 2. The number of carboxylic acids is 1. The van der Waals surface area contributed by atoms with E-state index in [2.05, 4.69) is 10.2 Å². The second-order valence-electron chi connectivity index (χ2n) is 3.20. The topological polar surface area (TPSA) is 83.1 Å². The standard InChI is InChI=1S/C11H8N2O3/c14-6-7-1-2-8-9(3-4-11(15)16)12-13-10(8)5-7/h1-6H,(H,12,13)(H,15,16). The Kier molecular flexibility index (Phi) is 2.51. The van der Waals surface area contributed by atoms with Crippen molar-refractivity contribution in [3.63, 3.8) is 0 Å². The van der Waals surface area contributed by atoms with Crippen LogP contribution in [0.15, 0.2) is 24.3 Å². The van der Waals surface area contributed by atoms with Crippen LogP contribution in [0.5, 0.6) is 0 Å². The minimum absolute atomic E-state index is 0.537. The van der Waals surface area contributed by atoms with Gasteiger partial charge in [-0.25, -0.2) is 4.79 Å². The third kappa shape index (κ3) is 1.83. The Hall–Kier alpha value is -2.43. The molecule has 0 saturated heterocycles. The molecule has 0 spiro atoms. The van der Waals surface area contributed by atoms with Crippen molar-refractivity contribution in [1.82, 2.24) is 10.2 Å². The zero-order valence-corrected chi connectivity index (χ0v) is 8.18. The van der Waals surface area contributed by atoms with Gasteiger partial charge in [-0.05, 0) is 18.2 Å². The number of fused-ring (bicyclic) bond motifs is 1. The quantitative estimate of drug-likeness (QED) is 0.601. The lowest BCUT2D eigenvalue weighted by molar-refractivity contribution is -0.131. The summed E-state index contributed by atoms with van der Waals surface area (Å²) >= 11 is 0. The summed E-state index contributed by atoms with van der Waals surface area (Å²) < 4.78 is 0. The first-order chi connectivity index (χ1) is 7.70. The van der Waals surface area contributed by atoms with Crippen LogP contribution < -0.4 is 0 Å². The van der Waals surface area contributed by atoms with E-state index in [-0.39, 0.29) is 0 Å². The summed E-state index contributed by atoms with van der Waals surface area (Å²) in [6, 6.07) is 5.04. The van der Waals surface area contributed by atoms with Gasteiger partial charge in [0.1, 0.15) is 6.29 Å². The van der Waals surface area contributed by atoms with Gasteiger partial charge in [0.25, 0.3) is 0 Å². The van der Waals surface area contributed by atoms with Crippen LogP contribution in [0.3, 0.4) is 0 Å². The molecule has 1 aromatic heterocycles. The van der Waals surface area contributed by atoms with E-state index in [4.69, 9.17) is 5.11 Å². The van der Waals surface area contributed by atoms with Gasteiger partial charge < -0.3 is 5.11 Å². The Labute approximate surface area is 90.4 Å². The van der Waals surface area contributed by atoms with Crippen molar-refractivity contribution in [3.05, 3.63) is 35.5 Å². The van der Waals surface area contributed by atoms with Gasteiger partial charge in [-0.2, -0.15) is 5.10 Å². The van der Waals surface area contributed by atoms with Gasteiger partial charge in [-0.15, -0.1) is 0 Å². The molecule has 0 bridgehead atoms. The first-order valence-corrected chi connectivity index (χ1v) is 4.55. The van der Waals surface area contributed by atoms with E-state index < -0.39 is 5.97 Å².